The van der Waals surface area contributed by atoms with Gasteiger partial charge in [-0.25, -0.2) is 4.79 Å². The molecule has 0 heterocycles. The van der Waals surface area contributed by atoms with Gasteiger partial charge in [-0.3, -0.25) is 9.59 Å². The standard InChI is InChI=1S/C20H19N3O5/c1-2-27-20(26)28-17-8-6-15(7-9-17)19(25)23-16-5-3-4-14(12-16)13-22-18(24)10-11-21/h3-9,12H,2,10,13H2,1H3,(H,22,24)(H,23,25). The minimum absolute atomic E-state index is 0.202. The first-order chi connectivity index (χ1) is 13.5. The maximum Gasteiger partial charge on any atom is 0.513 e. The van der Waals surface area contributed by atoms with Crippen molar-refractivity contribution in [2.75, 3.05) is 11.9 Å². The van der Waals surface area contributed by atoms with E-state index in [1.54, 1.807) is 37.3 Å². The number of hydrogen-bond donors (Lipinski definition) is 2. The van der Waals surface area contributed by atoms with Gasteiger partial charge in [-0.2, -0.15) is 5.26 Å². The molecule has 2 aromatic rings. The predicted octanol–water partition coefficient (Wildman–Crippen LogP) is 3.00. The van der Waals surface area contributed by atoms with Gasteiger partial charge < -0.3 is 20.1 Å². The first kappa shape index (κ1) is 20.5. The number of benzene rings is 2. The highest BCUT2D eigenvalue weighted by Gasteiger charge is 2.09. The molecule has 8 nitrogen and oxygen atoms in total. The van der Waals surface area contributed by atoms with E-state index in [9.17, 15) is 14.4 Å². The Morgan fingerprint density at radius 1 is 1.11 bits per heavy atom. The van der Waals surface area contributed by atoms with Crippen LogP contribution in [0.5, 0.6) is 5.75 Å². The molecule has 8 heteroatoms. The van der Waals surface area contributed by atoms with Gasteiger partial charge in [0.05, 0.1) is 12.7 Å². The highest BCUT2D eigenvalue weighted by molar-refractivity contribution is 6.04. The molecule has 2 aromatic carbocycles. The first-order valence-corrected chi connectivity index (χ1v) is 8.50. The summed E-state index contributed by atoms with van der Waals surface area (Å²) < 4.78 is 9.62. The van der Waals surface area contributed by atoms with Crippen LogP contribution >= 0.6 is 0 Å². The summed E-state index contributed by atoms with van der Waals surface area (Å²) in [6, 6.07) is 14.8. The second-order valence-electron chi connectivity index (χ2n) is 5.58. The van der Waals surface area contributed by atoms with Crippen LogP contribution < -0.4 is 15.4 Å². The Labute approximate surface area is 162 Å². The number of rotatable bonds is 7. The van der Waals surface area contributed by atoms with Gasteiger partial charge >= 0.3 is 6.16 Å². The largest absolute Gasteiger partial charge is 0.513 e. The zero-order valence-corrected chi connectivity index (χ0v) is 15.2. The molecule has 0 bridgehead atoms. The zero-order valence-electron chi connectivity index (χ0n) is 15.2. The quantitative estimate of drug-likeness (QED) is 0.562. The molecule has 2 amide bonds. The third kappa shape index (κ3) is 6.46. The minimum atomic E-state index is -0.807. The van der Waals surface area contributed by atoms with Crippen LogP contribution in [-0.2, 0) is 16.1 Å². The van der Waals surface area contributed by atoms with Crippen molar-refractivity contribution in [2.45, 2.75) is 19.9 Å². The molecule has 0 spiro atoms. The van der Waals surface area contributed by atoms with Gasteiger partial charge in [0.15, 0.2) is 0 Å². The second-order valence-corrected chi connectivity index (χ2v) is 5.58. The molecule has 0 unspecified atom stereocenters. The summed E-state index contributed by atoms with van der Waals surface area (Å²) in [7, 11) is 0. The summed E-state index contributed by atoms with van der Waals surface area (Å²) in [5, 5.41) is 13.9. The number of nitrogens with zero attached hydrogens (tertiary/aromatic N) is 1. The summed E-state index contributed by atoms with van der Waals surface area (Å²) in [6.07, 6.45) is -1.01. The van der Waals surface area contributed by atoms with Gasteiger partial charge in [0, 0.05) is 17.8 Å². The van der Waals surface area contributed by atoms with Crippen LogP contribution in [0.3, 0.4) is 0 Å². The van der Waals surface area contributed by atoms with Crippen molar-refractivity contribution >= 4 is 23.7 Å². The van der Waals surface area contributed by atoms with Crippen LogP contribution in [0.15, 0.2) is 48.5 Å². The number of anilines is 1. The van der Waals surface area contributed by atoms with Gasteiger partial charge in [0.2, 0.25) is 5.91 Å². The number of carbonyl (C=O) groups is 3. The average molecular weight is 381 g/mol. The average Bonchev–Trinajstić information content (AvgIpc) is 2.67. The minimum Gasteiger partial charge on any atom is -0.434 e. The molecule has 144 valence electrons. The molecule has 28 heavy (non-hydrogen) atoms. The van der Waals surface area contributed by atoms with Crippen LogP contribution in [0.1, 0.15) is 29.3 Å². The van der Waals surface area contributed by atoms with E-state index >= 15 is 0 Å². The van der Waals surface area contributed by atoms with Gasteiger partial charge in [-0.1, -0.05) is 12.1 Å². The fourth-order valence-electron chi connectivity index (χ4n) is 2.22. The predicted molar refractivity (Wildman–Crippen MR) is 101 cm³/mol. The molecule has 0 aliphatic carbocycles. The maximum atomic E-state index is 12.4. The molecule has 0 aliphatic heterocycles. The fraction of sp³-hybridized carbons (Fsp3) is 0.200. The number of amides is 2. The molecular weight excluding hydrogens is 362 g/mol. The Morgan fingerprint density at radius 2 is 1.86 bits per heavy atom. The van der Waals surface area contributed by atoms with Gasteiger partial charge in [0.1, 0.15) is 12.2 Å². The van der Waals surface area contributed by atoms with Crippen molar-refractivity contribution < 1.29 is 23.9 Å². The number of hydrogen-bond acceptors (Lipinski definition) is 6. The Balaban J connectivity index is 1.95. The van der Waals surface area contributed by atoms with Crippen LogP contribution in [0.2, 0.25) is 0 Å². The van der Waals surface area contributed by atoms with E-state index in [-0.39, 0.29) is 37.1 Å². The van der Waals surface area contributed by atoms with Gasteiger partial charge in [-0.05, 0) is 48.9 Å². The number of nitriles is 1. The van der Waals surface area contributed by atoms with Crippen molar-refractivity contribution in [2.24, 2.45) is 0 Å². The normalized spacial score (nSPS) is 9.71. The monoisotopic (exact) mass is 381 g/mol. The third-order valence-corrected chi connectivity index (χ3v) is 3.49. The molecule has 0 atom stereocenters. The molecule has 0 aromatic heterocycles. The molecule has 0 saturated carbocycles. The molecule has 0 saturated heterocycles. The fourth-order valence-corrected chi connectivity index (χ4v) is 2.22. The lowest BCUT2D eigenvalue weighted by Crippen LogP contribution is -2.22. The van der Waals surface area contributed by atoms with Crippen LogP contribution in [-0.4, -0.2) is 24.6 Å². The summed E-state index contributed by atoms with van der Waals surface area (Å²) in [5.74, 6) is -0.430. The Bertz CT molecular complexity index is 887. The van der Waals surface area contributed by atoms with E-state index in [2.05, 4.69) is 15.4 Å². The van der Waals surface area contributed by atoms with Crippen molar-refractivity contribution in [1.29, 1.82) is 5.26 Å². The molecule has 0 radical (unpaired) electrons. The van der Waals surface area contributed by atoms with E-state index < -0.39 is 6.16 Å². The Kier molecular flexibility index (Phi) is 7.54. The molecule has 0 aliphatic rings. The summed E-state index contributed by atoms with van der Waals surface area (Å²) in [6.45, 7) is 2.13. The Morgan fingerprint density at radius 3 is 2.54 bits per heavy atom. The molecule has 2 N–H and O–H groups in total. The van der Waals surface area contributed by atoms with Crippen molar-refractivity contribution in [3.63, 3.8) is 0 Å². The maximum absolute atomic E-state index is 12.4. The van der Waals surface area contributed by atoms with Crippen molar-refractivity contribution in [3.05, 3.63) is 59.7 Å². The van der Waals surface area contributed by atoms with Crippen LogP contribution in [0.4, 0.5) is 10.5 Å². The third-order valence-electron chi connectivity index (χ3n) is 3.49. The Hall–Kier alpha value is -3.86. The van der Waals surface area contributed by atoms with Gasteiger partial charge in [0.25, 0.3) is 5.91 Å². The van der Waals surface area contributed by atoms with E-state index in [1.807, 2.05) is 0 Å². The van der Waals surface area contributed by atoms with E-state index in [1.165, 1.54) is 24.3 Å². The van der Waals surface area contributed by atoms with Crippen LogP contribution in [0.25, 0.3) is 0 Å². The smallest absolute Gasteiger partial charge is 0.434 e. The number of nitrogens with one attached hydrogen (secondary N) is 2. The van der Waals surface area contributed by atoms with E-state index in [0.717, 1.165) is 5.56 Å². The SMILES string of the molecule is CCOC(=O)Oc1ccc(C(=O)Nc2cccc(CNC(=O)CC#N)c2)cc1. The second kappa shape index (κ2) is 10.3. The topological polar surface area (TPSA) is 118 Å². The zero-order chi connectivity index (χ0) is 20.4. The van der Waals surface area contributed by atoms with Crippen molar-refractivity contribution in [1.82, 2.24) is 5.32 Å². The summed E-state index contributed by atoms with van der Waals surface area (Å²) in [5.41, 5.74) is 1.72. The molecule has 0 fully saturated rings. The lowest BCUT2D eigenvalue weighted by atomic mass is 10.1. The van der Waals surface area contributed by atoms with Crippen LogP contribution in [0, 0.1) is 11.3 Å². The lowest BCUT2D eigenvalue weighted by Gasteiger charge is -2.09. The van der Waals surface area contributed by atoms with E-state index in [0.29, 0.717) is 11.3 Å². The highest BCUT2D eigenvalue weighted by Crippen LogP contribution is 2.16. The van der Waals surface area contributed by atoms with Crippen molar-refractivity contribution in [3.8, 4) is 11.8 Å². The lowest BCUT2D eigenvalue weighted by molar-refractivity contribution is -0.120. The van der Waals surface area contributed by atoms with Gasteiger partial charge in [-0.15, -0.1) is 0 Å². The molecular formula is C20H19N3O5. The highest BCUT2D eigenvalue weighted by atomic mass is 16.7. The summed E-state index contributed by atoms with van der Waals surface area (Å²) in [4.78, 5) is 35.0. The number of ether oxygens (including phenoxy) is 2. The number of carbonyl (C=O) groups excluding carboxylic acids is 3. The molecule has 2 rings (SSSR count). The van der Waals surface area contributed by atoms with E-state index in [4.69, 9.17) is 10.00 Å². The summed E-state index contributed by atoms with van der Waals surface area (Å²) >= 11 is 0. The first-order valence-electron chi connectivity index (χ1n) is 8.50.